The Balaban J connectivity index is 0.810. The Bertz CT molecular complexity index is 6070. The molecule has 0 saturated carbocycles. The highest BCUT2D eigenvalue weighted by Gasteiger charge is 2.28. The van der Waals surface area contributed by atoms with Crippen LogP contribution < -0.4 is 4.90 Å². The van der Waals surface area contributed by atoms with Gasteiger partial charge in [0.25, 0.3) is 0 Å². The molecule has 0 bridgehead atoms. The van der Waals surface area contributed by atoms with Crippen LogP contribution in [0, 0.1) is 0 Å². The number of benzene rings is 10. The molecule has 8 nitrogen and oxygen atoms in total. The number of fused-ring (bicyclic) bond motifs is 18. The van der Waals surface area contributed by atoms with E-state index in [-0.39, 0.29) is 5.92 Å². The third-order valence-electron chi connectivity index (χ3n) is 20.3. The Morgan fingerprint density at radius 3 is 1.64 bits per heavy atom. The van der Waals surface area contributed by atoms with E-state index in [4.69, 9.17) is 9.97 Å². The molecule has 0 atom stereocenters. The van der Waals surface area contributed by atoms with Gasteiger partial charge in [-0.05, 0) is 132 Å². The fourth-order valence-corrected chi connectivity index (χ4v) is 16.2. The molecule has 448 valence electrons. The predicted molar refractivity (Wildman–Crippen MR) is 396 cm³/mol. The van der Waals surface area contributed by atoms with E-state index in [2.05, 4.69) is 337 Å². The van der Waals surface area contributed by atoms with Gasteiger partial charge in [0.1, 0.15) is 11.6 Å². The van der Waals surface area contributed by atoms with E-state index in [1.165, 1.54) is 105 Å². The largest absolute Gasteiger partial charge is 0.336 e. The van der Waals surface area contributed by atoms with E-state index < -0.39 is 0 Å². The molecule has 8 heteroatoms. The number of allylic oxidation sites excluding steroid dienone is 11. The molecule has 16 aromatic rings. The topological polar surface area (TPSA) is 53.7 Å². The van der Waals surface area contributed by atoms with E-state index >= 15 is 0 Å². The van der Waals surface area contributed by atoms with Gasteiger partial charge < -0.3 is 23.2 Å². The standard InChI is InChI=1S/C87H60N8/c1-2-5-24-56(23-4-1)87-88-58(55-91-76-42-22-26-60(92-79-37-17-11-31-67(79)68-32-12-18-38-80(68)92)51-71(76)72-52-61(44-46-77(72)91)93-78-36-7-3-6-28-65(78)66-30-13-19-39-81(66)93)49-86(89-87)95-84-47-43-59(90-54-57-25-8-9-27-63(57)64-29-10-16-35-75(64)90)50-73(84)74-53-62(45-48-85(74)95)94-82-40-20-14-33-69(82)70-34-15-21-41-83(70)94/h1-25,27,29-53,56H,26,28,54-55H2. The molecule has 0 radical (unpaired) electrons. The average molecular weight is 1220 g/mol. The Morgan fingerprint density at radius 1 is 0.379 bits per heavy atom. The van der Waals surface area contributed by atoms with Gasteiger partial charge in [-0.15, -0.1) is 0 Å². The molecule has 1 aliphatic heterocycles. The molecule has 0 spiro atoms. The van der Waals surface area contributed by atoms with Gasteiger partial charge in [-0.1, -0.05) is 194 Å². The van der Waals surface area contributed by atoms with E-state index in [0.29, 0.717) is 6.54 Å². The van der Waals surface area contributed by atoms with Gasteiger partial charge in [0.05, 0.1) is 62.5 Å². The summed E-state index contributed by atoms with van der Waals surface area (Å²) in [5.41, 5.74) is 24.6. The second kappa shape index (κ2) is 21.1. The van der Waals surface area contributed by atoms with Gasteiger partial charge in [-0.25, -0.2) is 9.97 Å². The summed E-state index contributed by atoms with van der Waals surface area (Å²) >= 11 is 0. The molecule has 4 aliphatic rings. The maximum atomic E-state index is 5.71. The Morgan fingerprint density at radius 2 is 0.937 bits per heavy atom. The quantitative estimate of drug-likeness (QED) is 0.152. The lowest BCUT2D eigenvalue weighted by Crippen LogP contribution is -2.21. The lowest BCUT2D eigenvalue weighted by Gasteiger charge is -2.33. The van der Waals surface area contributed by atoms with Crippen LogP contribution in [0.4, 0.5) is 11.4 Å². The molecule has 0 unspecified atom stereocenters. The summed E-state index contributed by atoms with van der Waals surface area (Å²) in [6, 6.07) is 85.3. The fourth-order valence-electron chi connectivity index (χ4n) is 16.2. The average Bonchev–Trinajstić information content (AvgIpc) is 1.54. The minimum absolute atomic E-state index is 0.180. The molecule has 0 N–H and O–H groups in total. The van der Waals surface area contributed by atoms with Crippen molar-refractivity contribution in [1.29, 1.82) is 0 Å². The molecule has 6 aromatic heterocycles. The first-order valence-corrected chi connectivity index (χ1v) is 33.0. The first-order chi connectivity index (χ1) is 47.1. The fraction of sp³-hybridized carbons (Fsp3) is 0.0575. The van der Waals surface area contributed by atoms with Crippen LogP contribution >= 0.6 is 0 Å². The first kappa shape index (κ1) is 53.4. The van der Waals surface area contributed by atoms with E-state index in [0.717, 1.165) is 86.8 Å². The van der Waals surface area contributed by atoms with Crippen molar-refractivity contribution in [2.45, 2.75) is 31.8 Å². The van der Waals surface area contributed by atoms with Crippen LogP contribution in [0.3, 0.4) is 0 Å². The van der Waals surface area contributed by atoms with Crippen molar-refractivity contribution in [2.75, 3.05) is 4.90 Å². The maximum Gasteiger partial charge on any atom is 0.141 e. The Hall–Kier alpha value is -12.3. The van der Waals surface area contributed by atoms with E-state index in [1.54, 1.807) is 0 Å². The molecule has 95 heavy (non-hydrogen) atoms. The summed E-state index contributed by atoms with van der Waals surface area (Å²) in [4.78, 5) is 13.9. The van der Waals surface area contributed by atoms with E-state index in [9.17, 15) is 0 Å². The molecule has 20 rings (SSSR count). The lowest BCUT2D eigenvalue weighted by molar-refractivity contribution is 0.764. The highest BCUT2D eigenvalue weighted by Crippen LogP contribution is 2.46. The van der Waals surface area contributed by atoms with Crippen LogP contribution in [0.15, 0.2) is 291 Å². The third-order valence-corrected chi connectivity index (χ3v) is 20.3. The van der Waals surface area contributed by atoms with Gasteiger partial charge in [-0.2, -0.15) is 0 Å². The smallest absolute Gasteiger partial charge is 0.141 e. The summed E-state index contributed by atoms with van der Waals surface area (Å²) in [6.45, 7) is 1.24. The number of rotatable bonds is 8. The van der Waals surface area contributed by atoms with Crippen LogP contribution in [0.25, 0.3) is 139 Å². The van der Waals surface area contributed by atoms with Crippen molar-refractivity contribution in [3.05, 3.63) is 331 Å². The molecule has 0 amide bonds. The molecule has 0 fully saturated rings. The first-order valence-electron chi connectivity index (χ1n) is 33.0. The number of aromatic nitrogens is 7. The monoisotopic (exact) mass is 1220 g/mol. The van der Waals surface area contributed by atoms with Gasteiger partial charge in [0.15, 0.2) is 0 Å². The van der Waals surface area contributed by atoms with Crippen molar-refractivity contribution in [2.24, 2.45) is 0 Å². The SMILES string of the molecule is C1=CC=CC(c2nc(Cn3c4c(c5cc(-n6c7c(c8ccccc86)CC=CC=C7)ccc53)C=C(n3c5ccccc5c5ccccc53)CC=C4)cc(-n3c4ccc(N5Cc6ccccc6-c6ccccc65)cc4c4cc(-n5c6ccccc6c6ccccc65)ccc43)n2)C=C1. The van der Waals surface area contributed by atoms with Gasteiger partial charge in [0.2, 0.25) is 0 Å². The maximum absolute atomic E-state index is 5.71. The highest BCUT2D eigenvalue weighted by atomic mass is 15.2. The molecule has 7 heterocycles. The lowest BCUT2D eigenvalue weighted by atomic mass is 9.93. The summed E-state index contributed by atoms with van der Waals surface area (Å²) in [6.07, 6.45) is 30.6. The molecule has 10 aromatic carbocycles. The number of hydrogen-bond donors (Lipinski definition) is 0. The van der Waals surface area contributed by atoms with Crippen molar-refractivity contribution < 1.29 is 0 Å². The van der Waals surface area contributed by atoms with Crippen molar-refractivity contribution >= 4 is 123 Å². The number of hydrogen-bond acceptors (Lipinski definition) is 3. The third kappa shape index (κ3) is 8.27. The van der Waals surface area contributed by atoms with Crippen LogP contribution in [0.1, 0.15) is 51.9 Å². The Kier molecular flexibility index (Phi) is 11.9. The summed E-state index contributed by atoms with van der Waals surface area (Å²) in [5.74, 6) is 1.37. The Labute approximate surface area is 548 Å². The zero-order valence-corrected chi connectivity index (χ0v) is 51.9. The molecule has 0 saturated heterocycles. The van der Waals surface area contributed by atoms with Crippen LogP contribution in [-0.2, 0) is 19.5 Å². The molecular formula is C87H60N8. The van der Waals surface area contributed by atoms with E-state index in [1.807, 2.05) is 0 Å². The van der Waals surface area contributed by atoms with Gasteiger partial charge in [0, 0.05) is 113 Å². The summed E-state index contributed by atoms with van der Waals surface area (Å²) < 4.78 is 12.3. The summed E-state index contributed by atoms with van der Waals surface area (Å²) in [7, 11) is 0. The zero-order valence-electron chi connectivity index (χ0n) is 51.9. The van der Waals surface area contributed by atoms with Crippen molar-refractivity contribution in [1.82, 2.24) is 32.8 Å². The van der Waals surface area contributed by atoms with Crippen LogP contribution in [0.2, 0.25) is 0 Å². The number of nitrogens with zero attached hydrogens (tertiary/aromatic N) is 8. The van der Waals surface area contributed by atoms with Gasteiger partial charge in [-0.3, -0.25) is 4.57 Å². The number of para-hydroxylation sites is 6. The van der Waals surface area contributed by atoms with Crippen LogP contribution in [0.5, 0.6) is 0 Å². The zero-order chi connectivity index (χ0) is 62.2. The second-order valence-corrected chi connectivity index (χ2v) is 25.5. The predicted octanol–water partition coefficient (Wildman–Crippen LogP) is 21.4. The van der Waals surface area contributed by atoms with Crippen molar-refractivity contribution in [3.63, 3.8) is 0 Å². The second-order valence-electron chi connectivity index (χ2n) is 25.5. The normalized spacial score (nSPS) is 14.4. The number of anilines is 2. The molecular weight excluding hydrogens is 1160 g/mol. The minimum Gasteiger partial charge on any atom is -0.336 e. The molecule has 3 aliphatic carbocycles. The van der Waals surface area contributed by atoms with Crippen molar-refractivity contribution in [3.8, 4) is 28.3 Å². The van der Waals surface area contributed by atoms with Gasteiger partial charge >= 0.3 is 0 Å². The minimum atomic E-state index is -0.180. The summed E-state index contributed by atoms with van der Waals surface area (Å²) in [5, 5.41) is 9.71. The van der Waals surface area contributed by atoms with Crippen LogP contribution in [-0.4, -0.2) is 32.8 Å². The highest BCUT2D eigenvalue weighted by molar-refractivity contribution is 6.14.